The van der Waals surface area contributed by atoms with Crippen LogP contribution in [-0.4, -0.2) is 24.1 Å². The van der Waals surface area contributed by atoms with E-state index in [1.807, 2.05) is 0 Å². The maximum atomic E-state index is 11.7. The van der Waals surface area contributed by atoms with E-state index in [-0.39, 0.29) is 6.67 Å². The molecule has 2 unspecified atom stereocenters. The molecule has 0 spiro atoms. The molecule has 0 aromatic heterocycles. The molecule has 11 heavy (non-hydrogen) atoms. The minimum Gasteiger partial charge on any atom is -0.314 e. The van der Waals surface area contributed by atoms with Gasteiger partial charge in [-0.1, -0.05) is 22.9 Å². The molecule has 68 valence electrons. The molecule has 0 amide bonds. The van der Waals surface area contributed by atoms with Gasteiger partial charge in [-0.25, -0.2) is 0 Å². The first-order valence-electron chi connectivity index (χ1n) is 4.10. The first kappa shape index (κ1) is 11.4. The molecule has 0 aliphatic heterocycles. The van der Waals surface area contributed by atoms with E-state index in [0.717, 1.165) is 13.0 Å². The lowest BCUT2D eigenvalue weighted by Crippen LogP contribution is -2.29. The van der Waals surface area contributed by atoms with Crippen LogP contribution in [0.3, 0.4) is 0 Å². The molecule has 1 nitrogen and oxygen atoms in total. The number of alkyl halides is 2. The minimum atomic E-state index is -0.219. The molecule has 0 radical (unpaired) electrons. The Kier molecular flexibility index (Phi) is 7.28. The van der Waals surface area contributed by atoms with Crippen molar-refractivity contribution < 1.29 is 4.39 Å². The van der Waals surface area contributed by atoms with Crippen LogP contribution in [0.2, 0.25) is 0 Å². The lowest BCUT2D eigenvalue weighted by Gasteiger charge is -2.14. The summed E-state index contributed by atoms with van der Waals surface area (Å²) in [5, 5.41) is 3.24. The summed E-state index contributed by atoms with van der Waals surface area (Å²) in [4.78, 5) is 0.537. The van der Waals surface area contributed by atoms with Crippen LogP contribution in [0.5, 0.6) is 0 Å². The Balaban J connectivity index is 3.15. The first-order valence-corrected chi connectivity index (χ1v) is 5.01. The Morgan fingerprint density at radius 1 is 1.45 bits per heavy atom. The van der Waals surface area contributed by atoms with Crippen molar-refractivity contribution in [2.24, 2.45) is 0 Å². The molecule has 0 heterocycles. The zero-order chi connectivity index (χ0) is 8.69. The van der Waals surface area contributed by atoms with E-state index >= 15 is 0 Å². The van der Waals surface area contributed by atoms with Gasteiger partial charge in [0, 0.05) is 10.9 Å². The molecular formula is C8H17BrFN. The van der Waals surface area contributed by atoms with E-state index < -0.39 is 0 Å². The zero-order valence-corrected chi connectivity index (χ0v) is 8.83. The number of nitrogens with one attached hydrogen (secondary N) is 1. The van der Waals surface area contributed by atoms with Crippen molar-refractivity contribution in [1.82, 2.24) is 5.32 Å². The van der Waals surface area contributed by atoms with Crippen LogP contribution < -0.4 is 5.32 Å². The molecule has 0 saturated heterocycles. The summed E-state index contributed by atoms with van der Waals surface area (Å²) in [5.41, 5.74) is 0. The highest BCUT2D eigenvalue weighted by molar-refractivity contribution is 9.09. The van der Waals surface area contributed by atoms with Crippen molar-refractivity contribution in [3.63, 3.8) is 0 Å². The number of rotatable bonds is 6. The third-order valence-electron chi connectivity index (χ3n) is 1.48. The highest BCUT2D eigenvalue weighted by Crippen LogP contribution is 2.06. The molecule has 0 aliphatic carbocycles. The molecule has 0 saturated carbocycles. The minimum absolute atomic E-state index is 0.219. The SMILES string of the molecule is CC(Br)CC(C)NCCCF. The van der Waals surface area contributed by atoms with E-state index in [1.165, 1.54) is 0 Å². The summed E-state index contributed by atoms with van der Waals surface area (Å²) in [6, 6.07) is 0.482. The quantitative estimate of drug-likeness (QED) is 0.542. The van der Waals surface area contributed by atoms with Gasteiger partial charge in [0.05, 0.1) is 6.67 Å². The van der Waals surface area contributed by atoms with Crippen LogP contribution in [0, 0.1) is 0 Å². The number of hydrogen-bond donors (Lipinski definition) is 1. The van der Waals surface area contributed by atoms with Gasteiger partial charge in [0.15, 0.2) is 0 Å². The summed E-state index contributed by atoms with van der Waals surface area (Å²) in [6.45, 7) is 4.81. The first-order chi connectivity index (χ1) is 5.16. The van der Waals surface area contributed by atoms with Crippen molar-refractivity contribution in [3.8, 4) is 0 Å². The fraction of sp³-hybridized carbons (Fsp3) is 1.00. The second kappa shape index (κ2) is 7.04. The predicted octanol–water partition coefficient (Wildman–Crippen LogP) is 2.50. The van der Waals surface area contributed by atoms with E-state index in [2.05, 4.69) is 35.1 Å². The smallest absolute Gasteiger partial charge is 0.0906 e. The fourth-order valence-corrected chi connectivity index (χ4v) is 1.55. The van der Waals surface area contributed by atoms with Crippen molar-refractivity contribution in [2.45, 2.75) is 37.6 Å². The summed E-state index contributed by atoms with van der Waals surface area (Å²) < 4.78 is 11.7. The largest absolute Gasteiger partial charge is 0.314 e. The molecule has 0 bridgehead atoms. The highest BCUT2D eigenvalue weighted by atomic mass is 79.9. The fourth-order valence-electron chi connectivity index (χ4n) is 0.986. The van der Waals surface area contributed by atoms with Gasteiger partial charge < -0.3 is 5.32 Å². The summed E-state index contributed by atoms with van der Waals surface area (Å²) in [7, 11) is 0. The predicted molar refractivity (Wildman–Crippen MR) is 51.1 cm³/mol. The Morgan fingerprint density at radius 3 is 2.55 bits per heavy atom. The molecule has 2 atom stereocenters. The highest BCUT2D eigenvalue weighted by Gasteiger charge is 2.03. The van der Waals surface area contributed by atoms with E-state index in [1.54, 1.807) is 0 Å². The molecule has 0 aromatic rings. The molecule has 0 aromatic carbocycles. The molecular weight excluding hydrogens is 209 g/mol. The summed E-state index contributed by atoms with van der Waals surface area (Å²) in [5.74, 6) is 0. The maximum absolute atomic E-state index is 11.7. The molecule has 0 rings (SSSR count). The van der Waals surface area contributed by atoms with E-state index in [0.29, 0.717) is 17.3 Å². The van der Waals surface area contributed by atoms with Crippen LogP contribution >= 0.6 is 15.9 Å². The molecule has 0 aliphatic rings. The maximum Gasteiger partial charge on any atom is 0.0906 e. The normalized spacial score (nSPS) is 16.4. The van der Waals surface area contributed by atoms with Gasteiger partial charge in [-0.15, -0.1) is 0 Å². The van der Waals surface area contributed by atoms with Gasteiger partial charge in [-0.2, -0.15) is 0 Å². The molecule has 0 fully saturated rings. The second-order valence-electron chi connectivity index (χ2n) is 2.91. The lowest BCUT2D eigenvalue weighted by molar-refractivity contribution is 0.436. The Labute approximate surface area is 76.9 Å². The Bertz CT molecular complexity index is 88.2. The van der Waals surface area contributed by atoms with Gasteiger partial charge in [-0.05, 0) is 26.3 Å². The zero-order valence-electron chi connectivity index (χ0n) is 7.24. The van der Waals surface area contributed by atoms with Crippen molar-refractivity contribution >= 4 is 15.9 Å². The van der Waals surface area contributed by atoms with Crippen molar-refractivity contribution in [3.05, 3.63) is 0 Å². The van der Waals surface area contributed by atoms with Gasteiger partial charge in [0.25, 0.3) is 0 Å². The lowest BCUT2D eigenvalue weighted by atomic mass is 10.2. The second-order valence-corrected chi connectivity index (χ2v) is 4.48. The van der Waals surface area contributed by atoms with Crippen LogP contribution in [0.15, 0.2) is 0 Å². The molecule has 1 N–H and O–H groups in total. The third kappa shape index (κ3) is 8.27. The third-order valence-corrected chi connectivity index (χ3v) is 1.86. The topological polar surface area (TPSA) is 12.0 Å². The van der Waals surface area contributed by atoms with Crippen molar-refractivity contribution in [2.75, 3.05) is 13.2 Å². The van der Waals surface area contributed by atoms with E-state index in [4.69, 9.17) is 0 Å². The average molecular weight is 226 g/mol. The van der Waals surface area contributed by atoms with Gasteiger partial charge in [-0.3, -0.25) is 4.39 Å². The monoisotopic (exact) mass is 225 g/mol. The van der Waals surface area contributed by atoms with Gasteiger partial charge in [0.2, 0.25) is 0 Å². The number of halogens is 2. The Morgan fingerprint density at radius 2 is 2.09 bits per heavy atom. The average Bonchev–Trinajstić information content (AvgIpc) is 1.86. The standard InChI is InChI=1S/C8H17BrFN/c1-7(9)6-8(2)11-5-3-4-10/h7-8,11H,3-6H2,1-2H3. The summed E-state index contributed by atoms with van der Waals surface area (Å²) >= 11 is 3.47. The molecule has 3 heteroatoms. The van der Waals surface area contributed by atoms with Crippen LogP contribution in [0.4, 0.5) is 4.39 Å². The van der Waals surface area contributed by atoms with Crippen LogP contribution in [0.1, 0.15) is 26.7 Å². The van der Waals surface area contributed by atoms with E-state index in [9.17, 15) is 4.39 Å². The van der Waals surface area contributed by atoms with Crippen LogP contribution in [-0.2, 0) is 0 Å². The van der Waals surface area contributed by atoms with Crippen molar-refractivity contribution in [1.29, 1.82) is 0 Å². The number of hydrogen-bond acceptors (Lipinski definition) is 1. The van der Waals surface area contributed by atoms with Gasteiger partial charge >= 0.3 is 0 Å². The Hall–Kier alpha value is 0.370. The summed E-state index contributed by atoms with van der Waals surface area (Å²) in [6.07, 6.45) is 1.72. The van der Waals surface area contributed by atoms with Crippen LogP contribution in [0.25, 0.3) is 0 Å². The van der Waals surface area contributed by atoms with Gasteiger partial charge in [0.1, 0.15) is 0 Å².